The molecule has 0 saturated heterocycles. The summed E-state index contributed by atoms with van der Waals surface area (Å²) in [4.78, 5) is 16.7. The molecule has 6 heteroatoms. The van der Waals surface area contributed by atoms with Gasteiger partial charge in [0.05, 0.1) is 23.9 Å². The van der Waals surface area contributed by atoms with Crippen LogP contribution in [0.1, 0.15) is 43.0 Å². The van der Waals surface area contributed by atoms with E-state index in [9.17, 15) is 9.90 Å². The van der Waals surface area contributed by atoms with Crippen LogP contribution < -0.4 is 5.32 Å². The van der Waals surface area contributed by atoms with Crippen LogP contribution in [0.4, 0.5) is 5.69 Å². The summed E-state index contributed by atoms with van der Waals surface area (Å²) in [6, 6.07) is 6.04. The van der Waals surface area contributed by atoms with E-state index in [1.54, 1.807) is 13.1 Å². The van der Waals surface area contributed by atoms with Crippen LogP contribution in [0.2, 0.25) is 0 Å². The number of rotatable bonds is 4. The van der Waals surface area contributed by atoms with Gasteiger partial charge in [-0.2, -0.15) is 0 Å². The molecule has 0 spiro atoms. The number of hydrogen-bond donors (Lipinski definition) is 2. The summed E-state index contributed by atoms with van der Waals surface area (Å²) < 4.78 is 6.11. The minimum atomic E-state index is -0.370. The van der Waals surface area contributed by atoms with Gasteiger partial charge >= 0.3 is 5.97 Å². The topological polar surface area (TPSA) is 71.5 Å². The van der Waals surface area contributed by atoms with Gasteiger partial charge in [-0.25, -0.2) is 4.79 Å². The van der Waals surface area contributed by atoms with E-state index in [-0.39, 0.29) is 18.1 Å². The summed E-state index contributed by atoms with van der Waals surface area (Å²) >= 11 is 3.49. The van der Waals surface area contributed by atoms with Crippen molar-refractivity contribution in [3.05, 3.63) is 34.4 Å². The number of anilines is 1. The maximum absolute atomic E-state index is 12.3. The Balaban J connectivity index is 2.01. The number of fused-ring (bicyclic) bond motifs is 1. The van der Waals surface area contributed by atoms with Gasteiger partial charge in [-0.1, -0.05) is 15.9 Å². The fraction of sp³-hybridized carbons (Fsp3) is 0.444. The highest BCUT2D eigenvalue weighted by Crippen LogP contribution is 2.32. The minimum Gasteiger partial charge on any atom is -0.462 e. The largest absolute Gasteiger partial charge is 0.462 e. The number of aliphatic hydroxyl groups is 1. The lowest BCUT2D eigenvalue weighted by Gasteiger charge is -2.28. The summed E-state index contributed by atoms with van der Waals surface area (Å²) in [6.07, 6.45) is 4.67. The first kappa shape index (κ1) is 17.2. The molecule has 2 N–H and O–H groups in total. The molecule has 0 unspecified atom stereocenters. The van der Waals surface area contributed by atoms with Gasteiger partial charge in [-0.05, 0) is 50.8 Å². The van der Waals surface area contributed by atoms with Gasteiger partial charge in [0.25, 0.3) is 0 Å². The lowest BCUT2D eigenvalue weighted by Crippen LogP contribution is -2.29. The summed E-state index contributed by atoms with van der Waals surface area (Å²) in [7, 11) is 0. The summed E-state index contributed by atoms with van der Waals surface area (Å²) in [5, 5.41) is 14.1. The second kappa shape index (κ2) is 7.49. The van der Waals surface area contributed by atoms with Gasteiger partial charge < -0.3 is 15.2 Å². The van der Waals surface area contributed by atoms with Crippen molar-refractivity contribution in [2.75, 3.05) is 11.9 Å². The Morgan fingerprint density at radius 1 is 1.38 bits per heavy atom. The summed E-state index contributed by atoms with van der Waals surface area (Å²) in [6.45, 7) is 2.11. The SMILES string of the molecule is CCOC(=O)c1cnc2ccc(Br)cc2c1NC1CCC(O)CC1. The maximum Gasteiger partial charge on any atom is 0.341 e. The normalized spacial score (nSPS) is 20.8. The first-order valence-corrected chi connectivity index (χ1v) is 9.07. The molecular formula is C18H21BrN2O3. The van der Waals surface area contributed by atoms with Crippen molar-refractivity contribution in [1.29, 1.82) is 0 Å². The number of halogens is 1. The molecule has 3 rings (SSSR count). The minimum absolute atomic E-state index is 0.212. The first-order chi connectivity index (χ1) is 11.6. The fourth-order valence-corrected chi connectivity index (χ4v) is 3.47. The number of ether oxygens (including phenoxy) is 1. The molecule has 1 saturated carbocycles. The summed E-state index contributed by atoms with van der Waals surface area (Å²) in [5.74, 6) is -0.370. The number of nitrogens with zero attached hydrogens (tertiary/aromatic N) is 1. The van der Waals surface area contributed by atoms with Crippen molar-refractivity contribution in [3.8, 4) is 0 Å². The molecule has 0 amide bonds. The zero-order valence-corrected chi connectivity index (χ0v) is 15.2. The number of esters is 1. The van der Waals surface area contributed by atoms with Crippen molar-refractivity contribution in [1.82, 2.24) is 4.98 Å². The lowest BCUT2D eigenvalue weighted by molar-refractivity contribution is 0.0527. The molecule has 1 aliphatic carbocycles. The quantitative estimate of drug-likeness (QED) is 0.772. The van der Waals surface area contributed by atoms with Crippen LogP contribution in [0, 0.1) is 0 Å². The number of nitrogens with one attached hydrogen (secondary N) is 1. The van der Waals surface area contributed by atoms with Gasteiger partial charge in [0.1, 0.15) is 5.56 Å². The first-order valence-electron chi connectivity index (χ1n) is 8.28. The van der Waals surface area contributed by atoms with Gasteiger partial charge in [-0.15, -0.1) is 0 Å². The zero-order valence-electron chi connectivity index (χ0n) is 13.6. The Kier molecular flexibility index (Phi) is 5.36. The Hall–Kier alpha value is -1.66. The molecule has 1 fully saturated rings. The zero-order chi connectivity index (χ0) is 17.1. The highest BCUT2D eigenvalue weighted by Gasteiger charge is 2.23. The molecule has 2 aromatic rings. The number of hydrogen-bond acceptors (Lipinski definition) is 5. The number of pyridine rings is 1. The Labute approximate surface area is 149 Å². The van der Waals surface area contributed by atoms with Crippen molar-refractivity contribution >= 4 is 38.5 Å². The van der Waals surface area contributed by atoms with Crippen LogP contribution in [-0.2, 0) is 4.74 Å². The van der Waals surface area contributed by atoms with Crippen LogP contribution in [0.15, 0.2) is 28.9 Å². The third kappa shape index (κ3) is 3.70. The van der Waals surface area contributed by atoms with Crippen molar-refractivity contribution in [2.24, 2.45) is 0 Å². The van der Waals surface area contributed by atoms with E-state index in [2.05, 4.69) is 26.2 Å². The summed E-state index contributed by atoms with van der Waals surface area (Å²) in [5.41, 5.74) is 2.04. The molecule has 0 bridgehead atoms. The molecule has 1 aromatic carbocycles. The average molecular weight is 393 g/mol. The standard InChI is InChI=1S/C18H21BrN2O3/c1-2-24-18(23)15-10-20-16-8-3-11(19)9-14(16)17(15)21-12-4-6-13(22)7-5-12/h3,8-10,12-13,22H,2,4-7H2,1H3,(H,20,21). The number of aromatic nitrogens is 1. The molecule has 1 heterocycles. The molecule has 0 atom stereocenters. The third-order valence-electron chi connectivity index (χ3n) is 4.37. The van der Waals surface area contributed by atoms with Crippen LogP contribution >= 0.6 is 15.9 Å². The van der Waals surface area contributed by atoms with Crippen molar-refractivity contribution in [2.45, 2.75) is 44.8 Å². The van der Waals surface area contributed by atoms with Crippen LogP contribution in [0.3, 0.4) is 0 Å². The number of carbonyl (C=O) groups is 1. The highest BCUT2D eigenvalue weighted by atomic mass is 79.9. The van der Waals surface area contributed by atoms with Crippen LogP contribution in [-0.4, -0.2) is 34.8 Å². The van der Waals surface area contributed by atoms with Gasteiger partial charge in [0.15, 0.2) is 0 Å². The molecule has 1 aromatic heterocycles. The van der Waals surface area contributed by atoms with Crippen molar-refractivity contribution < 1.29 is 14.6 Å². The van der Waals surface area contributed by atoms with Crippen LogP contribution in [0.25, 0.3) is 10.9 Å². The number of carbonyl (C=O) groups excluding carboxylic acids is 1. The predicted octanol–water partition coefficient (Wildman–Crippen LogP) is 3.89. The third-order valence-corrected chi connectivity index (χ3v) is 4.86. The highest BCUT2D eigenvalue weighted by molar-refractivity contribution is 9.10. The molecule has 128 valence electrons. The second-order valence-corrected chi connectivity index (χ2v) is 6.99. The lowest BCUT2D eigenvalue weighted by atomic mass is 9.92. The van der Waals surface area contributed by atoms with Gasteiger partial charge in [0, 0.05) is 22.1 Å². The maximum atomic E-state index is 12.3. The van der Waals surface area contributed by atoms with Gasteiger partial charge in [-0.3, -0.25) is 4.98 Å². The predicted molar refractivity (Wildman–Crippen MR) is 97.3 cm³/mol. The van der Waals surface area contributed by atoms with E-state index in [4.69, 9.17) is 4.74 Å². The van der Waals surface area contributed by atoms with E-state index in [1.807, 2.05) is 18.2 Å². The average Bonchev–Trinajstić information content (AvgIpc) is 2.57. The molecular weight excluding hydrogens is 372 g/mol. The van der Waals surface area contributed by atoms with Gasteiger partial charge in [0.2, 0.25) is 0 Å². The van der Waals surface area contributed by atoms with E-state index in [0.29, 0.717) is 12.2 Å². The number of aliphatic hydroxyl groups excluding tert-OH is 1. The van der Waals surface area contributed by atoms with Crippen LogP contribution in [0.5, 0.6) is 0 Å². The Bertz CT molecular complexity index is 742. The molecule has 1 aliphatic rings. The molecule has 0 aliphatic heterocycles. The second-order valence-electron chi connectivity index (χ2n) is 6.08. The Morgan fingerprint density at radius 2 is 2.12 bits per heavy atom. The monoisotopic (exact) mass is 392 g/mol. The molecule has 0 radical (unpaired) electrons. The van der Waals surface area contributed by atoms with E-state index >= 15 is 0 Å². The van der Waals surface area contributed by atoms with Crippen molar-refractivity contribution in [3.63, 3.8) is 0 Å². The molecule has 5 nitrogen and oxygen atoms in total. The van der Waals surface area contributed by atoms with E-state index in [1.165, 1.54) is 0 Å². The molecule has 24 heavy (non-hydrogen) atoms. The van der Waals surface area contributed by atoms with E-state index < -0.39 is 0 Å². The fourth-order valence-electron chi connectivity index (χ4n) is 3.11. The smallest absolute Gasteiger partial charge is 0.341 e. The number of benzene rings is 1. The van der Waals surface area contributed by atoms with E-state index in [0.717, 1.165) is 46.7 Å². The Morgan fingerprint density at radius 3 is 2.83 bits per heavy atom.